The summed E-state index contributed by atoms with van der Waals surface area (Å²) < 4.78 is 5.31. The number of nitrogens with zero attached hydrogens (tertiary/aromatic N) is 1. The van der Waals surface area contributed by atoms with Crippen molar-refractivity contribution in [1.29, 1.82) is 0 Å². The van der Waals surface area contributed by atoms with Crippen molar-refractivity contribution in [2.45, 2.75) is 33.8 Å². The molecule has 0 fully saturated rings. The lowest BCUT2D eigenvalue weighted by molar-refractivity contribution is 0.0762. The monoisotopic (exact) mass is 202 g/mol. The van der Waals surface area contributed by atoms with Gasteiger partial charge in [0.15, 0.2) is 0 Å². The summed E-state index contributed by atoms with van der Waals surface area (Å²) in [4.78, 5) is 13.2. The number of carbonyl (C=O) groups excluding carboxylic acids is 1. The standard InChI is InChI=1S/C10H22N2O2/c1-5-12(6-2)10(13)11-8-9(4)14-7-3/h9H,5-8H2,1-4H3,(H,11,13). The molecule has 1 unspecified atom stereocenters. The Bertz CT molecular complexity index is 158. The van der Waals surface area contributed by atoms with E-state index >= 15 is 0 Å². The van der Waals surface area contributed by atoms with Crippen LogP contribution in [0.3, 0.4) is 0 Å². The average Bonchev–Trinajstić information content (AvgIpc) is 2.17. The van der Waals surface area contributed by atoms with Crippen LogP contribution in [0.15, 0.2) is 0 Å². The van der Waals surface area contributed by atoms with E-state index in [2.05, 4.69) is 5.32 Å². The fourth-order valence-corrected chi connectivity index (χ4v) is 1.20. The second-order valence-corrected chi connectivity index (χ2v) is 3.12. The molecular formula is C10H22N2O2. The first-order chi connectivity index (χ1) is 6.65. The first-order valence-electron chi connectivity index (χ1n) is 5.30. The maximum absolute atomic E-state index is 11.5. The van der Waals surface area contributed by atoms with Gasteiger partial charge in [-0.3, -0.25) is 0 Å². The van der Waals surface area contributed by atoms with Gasteiger partial charge in [-0.2, -0.15) is 0 Å². The van der Waals surface area contributed by atoms with Crippen LogP contribution in [0, 0.1) is 0 Å². The lowest BCUT2D eigenvalue weighted by atomic mass is 10.4. The van der Waals surface area contributed by atoms with E-state index < -0.39 is 0 Å². The Balaban J connectivity index is 3.71. The molecule has 4 heteroatoms. The maximum atomic E-state index is 11.5. The number of rotatable bonds is 6. The van der Waals surface area contributed by atoms with Crippen molar-refractivity contribution in [1.82, 2.24) is 10.2 Å². The zero-order valence-corrected chi connectivity index (χ0v) is 9.67. The molecule has 0 heterocycles. The lowest BCUT2D eigenvalue weighted by Gasteiger charge is -2.20. The van der Waals surface area contributed by atoms with Gasteiger partial charge >= 0.3 is 6.03 Å². The molecule has 0 rings (SSSR count). The quantitative estimate of drug-likeness (QED) is 0.708. The van der Waals surface area contributed by atoms with Crippen LogP contribution >= 0.6 is 0 Å². The molecule has 2 amide bonds. The second kappa shape index (κ2) is 7.62. The van der Waals surface area contributed by atoms with Gasteiger partial charge in [0, 0.05) is 26.2 Å². The number of urea groups is 1. The largest absolute Gasteiger partial charge is 0.377 e. The van der Waals surface area contributed by atoms with Crippen LogP contribution in [0.1, 0.15) is 27.7 Å². The highest BCUT2D eigenvalue weighted by atomic mass is 16.5. The van der Waals surface area contributed by atoms with Crippen LogP contribution in [-0.2, 0) is 4.74 Å². The van der Waals surface area contributed by atoms with E-state index in [4.69, 9.17) is 4.74 Å². The van der Waals surface area contributed by atoms with E-state index in [1.165, 1.54) is 0 Å². The summed E-state index contributed by atoms with van der Waals surface area (Å²) in [5, 5.41) is 2.83. The predicted molar refractivity (Wildman–Crippen MR) is 57.4 cm³/mol. The average molecular weight is 202 g/mol. The third-order valence-electron chi connectivity index (χ3n) is 2.04. The summed E-state index contributed by atoms with van der Waals surface area (Å²) in [7, 11) is 0. The van der Waals surface area contributed by atoms with Crippen LogP contribution in [0.4, 0.5) is 4.79 Å². The maximum Gasteiger partial charge on any atom is 0.317 e. The van der Waals surface area contributed by atoms with Crippen LogP contribution in [-0.4, -0.2) is 43.3 Å². The smallest absolute Gasteiger partial charge is 0.317 e. The van der Waals surface area contributed by atoms with Crippen LogP contribution in [0.25, 0.3) is 0 Å². The highest BCUT2D eigenvalue weighted by molar-refractivity contribution is 5.74. The Hall–Kier alpha value is -0.770. The van der Waals surface area contributed by atoms with Gasteiger partial charge in [0.1, 0.15) is 0 Å². The van der Waals surface area contributed by atoms with Crippen LogP contribution in [0.2, 0.25) is 0 Å². The fourth-order valence-electron chi connectivity index (χ4n) is 1.20. The minimum Gasteiger partial charge on any atom is -0.377 e. The molecule has 14 heavy (non-hydrogen) atoms. The van der Waals surface area contributed by atoms with Gasteiger partial charge in [-0.25, -0.2) is 4.79 Å². The van der Waals surface area contributed by atoms with Gasteiger partial charge in [-0.15, -0.1) is 0 Å². The highest BCUT2D eigenvalue weighted by Crippen LogP contribution is 1.91. The summed E-state index contributed by atoms with van der Waals surface area (Å²) in [6.45, 7) is 10.6. The van der Waals surface area contributed by atoms with Gasteiger partial charge in [-0.05, 0) is 27.7 Å². The summed E-state index contributed by atoms with van der Waals surface area (Å²) in [6.07, 6.45) is 0.0829. The summed E-state index contributed by atoms with van der Waals surface area (Å²) in [5.74, 6) is 0. The van der Waals surface area contributed by atoms with Gasteiger partial charge in [0.2, 0.25) is 0 Å². The number of ether oxygens (including phenoxy) is 1. The number of carbonyl (C=O) groups is 1. The summed E-state index contributed by atoms with van der Waals surface area (Å²) in [6, 6.07) is -0.0125. The SMILES string of the molecule is CCOC(C)CNC(=O)N(CC)CC. The molecule has 0 aromatic rings. The predicted octanol–water partition coefficient (Wildman–Crippen LogP) is 1.46. The first kappa shape index (κ1) is 13.2. The Morgan fingerprint density at radius 3 is 2.36 bits per heavy atom. The van der Waals surface area contributed by atoms with Gasteiger partial charge < -0.3 is 15.0 Å². The summed E-state index contributed by atoms with van der Waals surface area (Å²) in [5.41, 5.74) is 0. The molecule has 0 spiro atoms. The normalized spacial score (nSPS) is 12.3. The van der Waals surface area contributed by atoms with Crippen molar-refractivity contribution < 1.29 is 9.53 Å². The zero-order valence-electron chi connectivity index (χ0n) is 9.67. The molecule has 0 bridgehead atoms. The lowest BCUT2D eigenvalue weighted by Crippen LogP contribution is -2.42. The Kier molecular flexibility index (Phi) is 7.20. The molecule has 4 nitrogen and oxygen atoms in total. The molecule has 1 N–H and O–H groups in total. The molecule has 1 atom stereocenters. The third-order valence-corrected chi connectivity index (χ3v) is 2.04. The van der Waals surface area contributed by atoms with Crippen molar-refractivity contribution in [2.75, 3.05) is 26.2 Å². The van der Waals surface area contributed by atoms with E-state index in [1.807, 2.05) is 27.7 Å². The number of amides is 2. The minimum absolute atomic E-state index is 0.0125. The fraction of sp³-hybridized carbons (Fsp3) is 0.900. The topological polar surface area (TPSA) is 41.6 Å². The van der Waals surface area contributed by atoms with E-state index in [0.29, 0.717) is 13.2 Å². The molecular weight excluding hydrogens is 180 g/mol. The van der Waals surface area contributed by atoms with Gasteiger partial charge in [0.25, 0.3) is 0 Å². The zero-order chi connectivity index (χ0) is 11.0. The van der Waals surface area contributed by atoms with Gasteiger partial charge in [0.05, 0.1) is 6.10 Å². The summed E-state index contributed by atoms with van der Waals surface area (Å²) >= 11 is 0. The Labute approximate surface area is 86.6 Å². The number of nitrogens with one attached hydrogen (secondary N) is 1. The molecule has 0 saturated carbocycles. The van der Waals surface area contributed by atoms with E-state index in [0.717, 1.165) is 13.1 Å². The third kappa shape index (κ3) is 5.07. The van der Waals surface area contributed by atoms with E-state index in [1.54, 1.807) is 4.90 Å². The Morgan fingerprint density at radius 2 is 1.93 bits per heavy atom. The molecule has 0 saturated heterocycles. The molecule has 0 aliphatic rings. The molecule has 0 aliphatic heterocycles. The molecule has 84 valence electrons. The second-order valence-electron chi connectivity index (χ2n) is 3.12. The van der Waals surface area contributed by atoms with Crippen molar-refractivity contribution >= 4 is 6.03 Å². The van der Waals surface area contributed by atoms with E-state index in [-0.39, 0.29) is 12.1 Å². The van der Waals surface area contributed by atoms with Gasteiger partial charge in [-0.1, -0.05) is 0 Å². The molecule has 0 aromatic carbocycles. The highest BCUT2D eigenvalue weighted by Gasteiger charge is 2.09. The number of hydrogen-bond donors (Lipinski definition) is 1. The van der Waals surface area contributed by atoms with Crippen LogP contribution in [0.5, 0.6) is 0 Å². The first-order valence-corrected chi connectivity index (χ1v) is 5.30. The molecule has 0 aliphatic carbocycles. The Morgan fingerprint density at radius 1 is 1.36 bits per heavy atom. The molecule has 0 radical (unpaired) electrons. The minimum atomic E-state index is -0.0125. The van der Waals surface area contributed by atoms with Crippen molar-refractivity contribution in [3.63, 3.8) is 0 Å². The number of hydrogen-bond acceptors (Lipinski definition) is 2. The van der Waals surface area contributed by atoms with Crippen molar-refractivity contribution in [2.24, 2.45) is 0 Å². The van der Waals surface area contributed by atoms with E-state index in [9.17, 15) is 4.79 Å². The van der Waals surface area contributed by atoms with Crippen molar-refractivity contribution in [3.05, 3.63) is 0 Å². The van der Waals surface area contributed by atoms with Crippen LogP contribution < -0.4 is 5.32 Å². The molecule has 0 aromatic heterocycles. The van der Waals surface area contributed by atoms with Crippen molar-refractivity contribution in [3.8, 4) is 0 Å².